The highest BCUT2D eigenvalue weighted by Gasteiger charge is 2.14. The number of rotatable bonds is 8. The summed E-state index contributed by atoms with van der Waals surface area (Å²) < 4.78 is 0. The van der Waals surface area contributed by atoms with Crippen LogP contribution >= 0.6 is 0 Å². The number of nitrogens with one attached hydrogen (secondary N) is 1. The quantitative estimate of drug-likeness (QED) is 0.689. The molecular formula is C19H33NO2. The molecule has 3 heteroatoms. The minimum Gasteiger partial charge on any atom is -0.392 e. The molecule has 0 spiro atoms. The Kier molecular flexibility index (Phi) is 7.04. The van der Waals surface area contributed by atoms with Gasteiger partial charge in [-0.1, -0.05) is 6.07 Å². The van der Waals surface area contributed by atoms with Gasteiger partial charge >= 0.3 is 0 Å². The Bertz CT molecular complexity index is 489. The van der Waals surface area contributed by atoms with Crippen LogP contribution in [0.4, 0.5) is 0 Å². The molecule has 0 saturated heterocycles. The first-order valence-electron chi connectivity index (χ1n) is 8.31. The Hall–Kier alpha value is -0.900. The fourth-order valence-electron chi connectivity index (χ4n) is 3.01. The van der Waals surface area contributed by atoms with Crippen molar-refractivity contribution in [2.75, 3.05) is 0 Å². The van der Waals surface area contributed by atoms with Crippen LogP contribution in [-0.4, -0.2) is 21.9 Å². The lowest BCUT2D eigenvalue weighted by atomic mass is 9.93. The summed E-state index contributed by atoms with van der Waals surface area (Å²) in [5.74, 6) is 0. The highest BCUT2D eigenvalue weighted by molar-refractivity contribution is 5.44. The van der Waals surface area contributed by atoms with E-state index < -0.39 is 5.60 Å². The second kappa shape index (κ2) is 8.09. The molecule has 22 heavy (non-hydrogen) atoms. The molecule has 0 radical (unpaired) electrons. The van der Waals surface area contributed by atoms with Gasteiger partial charge in [0.15, 0.2) is 0 Å². The molecule has 0 fully saturated rings. The molecule has 0 aliphatic rings. The predicted octanol–water partition coefficient (Wildman–Crippen LogP) is 3.52. The molecule has 0 amide bonds. The minimum atomic E-state index is -0.570. The summed E-state index contributed by atoms with van der Waals surface area (Å²) in [4.78, 5) is 0. The van der Waals surface area contributed by atoms with Crippen molar-refractivity contribution in [3.63, 3.8) is 0 Å². The SMILES string of the molecule is Cc1cc(C)c(CN[C@H](C)CCCC(C)(C)O)c(C)c1CO. The minimum absolute atomic E-state index is 0.103. The topological polar surface area (TPSA) is 52.5 Å². The predicted molar refractivity (Wildman–Crippen MR) is 93.0 cm³/mol. The molecule has 0 bridgehead atoms. The molecule has 0 heterocycles. The molecule has 0 aromatic heterocycles. The van der Waals surface area contributed by atoms with Crippen molar-refractivity contribution < 1.29 is 10.2 Å². The number of aryl methyl sites for hydroxylation is 2. The van der Waals surface area contributed by atoms with Crippen LogP contribution in [0.5, 0.6) is 0 Å². The average molecular weight is 307 g/mol. The van der Waals surface area contributed by atoms with Gasteiger partial charge in [-0.15, -0.1) is 0 Å². The summed E-state index contributed by atoms with van der Waals surface area (Å²) in [6.45, 7) is 13.1. The Labute approximate surface area is 135 Å². The molecule has 1 aromatic carbocycles. The van der Waals surface area contributed by atoms with Gasteiger partial charge in [0.2, 0.25) is 0 Å². The Balaban J connectivity index is 2.61. The molecule has 0 saturated carbocycles. The van der Waals surface area contributed by atoms with Crippen molar-refractivity contribution in [3.8, 4) is 0 Å². The van der Waals surface area contributed by atoms with E-state index in [0.29, 0.717) is 6.04 Å². The molecule has 3 nitrogen and oxygen atoms in total. The molecule has 0 aliphatic heterocycles. The Morgan fingerprint density at radius 1 is 1.14 bits per heavy atom. The van der Waals surface area contributed by atoms with Crippen molar-refractivity contribution in [1.82, 2.24) is 5.32 Å². The van der Waals surface area contributed by atoms with Crippen molar-refractivity contribution in [2.45, 2.75) is 85.6 Å². The van der Waals surface area contributed by atoms with Gasteiger partial charge in [0.25, 0.3) is 0 Å². The standard InChI is InChI=1S/C19H33NO2/c1-13-10-14(2)18(12-21)16(4)17(13)11-20-15(3)8-7-9-19(5,6)22/h10,15,20-22H,7-9,11-12H2,1-6H3/t15-/m1/s1. The smallest absolute Gasteiger partial charge is 0.0687 e. The van der Waals surface area contributed by atoms with Gasteiger partial charge in [-0.2, -0.15) is 0 Å². The average Bonchev–Trinajstić information content (AvgIpc) is 2.36. The van der Waals surface area contributed by atoms with Gasteiger partial charge in [-0.25, -0.2) is 0 Å². The van der Waals surface area contributed by atoms with Crippen LogP contribution < -0.4 is 5.32 Å². The van der Waals surface area contributed by atoms with E-state index in [-0.39, 0.29) is 6.61 Å². The van der Waals surface area contributed by atoms with E-state index in [9.17, 15) is 10.2 Å². The summed E-state index contributed by atoms with van der Waals surface area (Å²) in [5.41, 5.74) is 5.43. The Morgan fingerprint density at radius 2 is 1.73 bits per heavy atom. The maximum absolute atomic E-state index is 9.75. The van der Waals surface area contributed by atoms with Crippen LogP contribution in [-0.2, 0) is 13.2 Å². The first kappa shape index (κ1) is 19.1. The number of aliphatic hydroxyl groups is 2. The van der Waals surface area contributed by atoms with E-state index in [1.807, 2.05) is 13.8 Å². The van der Waals surface area contributed by atoms with Gasteiger partial charge in [0.1, 0.15) is 0 Å². The second-order valence-corrected chi connectivity index (χ2v) is 7.24. The second-order valence-electron chi connectivity index (χ2n) is 7.24. The molecular weight excluding hydrogens is 274 g/mol. The van der Waals surface area contributed by atoms with Crippen molar-refractivity contribution in [3.05, 3.63) is 33.9 Å². The lowest BCUT2D eigenvalue weighted by molar-refractivity contribution is 0.0675. The third kappa shape index (κ3) is 5.71. The van der Waals surface area contributed by atoms with E-state index in [0.717, 1.165) is 31.4 Å². The zero-order chi connectivity index (χ0) is 16.9. The number of benzene rings is 1. The summed E-state index contributed by atoms with van der Waals surface area (Å²) in [6.07, 6.45) is 2.91. The van der Waals surface area contributed by atoms with E-state index in [1.165, 1.54) is 22.3 Å². The molecule has 1 atom stereocenters. The van der Waals surface area contributed by atoms with Gasteiger partial charge in [0.05, 0.1) is 12.2 Å². The third-order valence-electron chi connectivity index (χ3n) is 4.50. The van der Waals surface area contributed by atoms with Crippen LogP contribution in [0.2, 0.25) is 0 Å². The van der Waals surface area contributed by atoms with E-state index in [4.69, 9.17) is 0 Å². The molecule has 1 aromatic rings. The van der Waals surface area contributed by atoms with Crippen molar-refractivity contribution >= 4 is 0 Å². The van der Waals surface area contributed by atoms with Gasteiger partial charge < -0.3 is 15.5 Å². The maximum atomic E-state index is 9.75. The number of hydrogen-bond acceptors (Lipinski definition) is 3. The zero-order valence-electron chi connectivity index (χ0n) is 15.1. The first-order valence-corrected chi connectivity index (χ1v) is 8.31. The molecule has 126 valence electrons. The van der Waals surface area contributed by atoms with Crippen LogP contribution in [0.1, 0.15) is 67.9 Å². The van der Waals surface area contributed by atoms with Crippen LogP contribution in [0, 0.1) is 20.8 Å². The highest BCUT2D eigenvalue weighted by atomic mass is 16.3. The lowest BCUT2D eigenvalue weighted by Gasteiger charge is -2.21. The van der Waals surface area contributed by atoms with Crippen molar-refractivity contribution in [1.29, 1.82) is 0 Å². The normalized spacial score (nSPS) is 13.5. The molecule has 3 N–H and O–H groups in total. The number of aliphatic hydroxyl groups excluding tert-OH is 1. The van der Waals surface area contributed by atoms with Crippen LogP contribution in [0.25, 0.3) is 0 Å². The summed E-state index contributed by atoms with van der Waals surface area (Å²) in [7, 11) is 0. The fourth-order valence-corrected chi connectivity index (χ4v) is 3.01. The van der Waals surface area contributed by atoms with Gasteiger partial charge in [-0.3, -0.25) is 0 Å². The summed E-state index contributed by atoms with van der Waals surface area (Å²) in [5, 5.41) is 22.9. The number of hydrogen-bond donors (Lipinski definition) is 3. The molecule has 0 unspecified atom stereocenters. The van der Waals surface area contributed by atoms with Crippen LogP contribution in [0.3, 0.4) is 0 Å². The zero-order valence-corrected chi connectivity index (χ0v) is 15.1. The lowest BCUT2D eigenvalue weighted by Crippen LogP contribution is -2.27. The van der Waals surface area contributed by atoms with Crippen LogP contribution in [0.15, 0.2) is 6.07 Å². The van der Waals surface area contributed by atoms with E-state index in [1.54, 1.807) is 0 Å². The van der Waals surface area contributed by atoms with Crippen molar-refractivity contribution in [2.24, 2.45) is 0 Å². The largest absolute Gasteiger partial charge is 0.392 e. The van der Waals surface area contributed by atoms with Gasteiger partial charge in [0, 0.05) is 12.6 Å². The monoisotopic (exact) mass is 307 g/mol. The van der Waals surface area contributed by atoms with Gasteiger partial charge in [-0.05, 0) is 88.6 Å². The highest BCUT2D eigenvalue weighted by Crippen LogP contribution is 2.22. The maximum Gasteiger partial charge on any atom is 0.0687 e. The summed E-state index contributed by atoms with van der Waals surface area (Å²) >= 11 is 0. The van der Waals surface area contributed by atoms with E-state index >= 15 is 0 Å². The van der Waals surface area contributed by atoms with E-state index in [2.05, 4.69) is 39.1 Å². The molecule has 1 rings (SSSR count). The summed E-state index contributed by atoms with van der Waals surface area (Å²) in [6, 6.07) is 2.58. The first-order chi connectivity index (χ1) is 10.2. The fraction of sp³-hybridized carbons (Fsp3) is 0.684. The Morgan fingerprint density at radius 3 is 2.27 bits per heavy atom. The third-order valence-corrected chi connectivity index (χ3v) is 4.50. The molecule has 0 aliphatic carbocycles.